The first-order valence-corrected chi connectivity index (χ1v) is 15.8. The highest BCUT2D eigenvalue weighted by molar-refractivity contribution is 6.87. The number of carbonyl (C=O) groups is 1. The molecule has 0 fully saturated rings. The molecule has 7 heteroatoms. The highest BCUT2D eigenvalue weighted by atomic mass is 28.5. The van der Waals surface area contributed by atoms with Gasteiger partial charge in [-0.25, -0.2) is 0 Å². The Balaban J connectivity index is 4.64. The number of hydrogen-bond donors (Lipinski definition) is 1. The molecule has 0 radical (unpaired) electrons. The Morgan fingerprint density at radius 1 is 0.944 bits per heavy atom. The highest BCUT2D eigenvalue weighted by Crippen LogP contribution is 2.25. The van der Waals surface area contributed by atoms with E-state index in [1.54, 1.807) is 0 Å². The molecule has 0 bridgehead atoms. The number of hydrogen-bond acceptors (Lipinski definition) is 3. The molecule has 1 N–H and O–H groups in total. The zero-order chi connectivity index (χ0) is 14.6. The van der Waals surface area contributed by atoms with Gasteiger partial charge >= 0.3 is 14.5 Å². The second kappa shape index (κ2) is 6.47. The first kappa shape index (κ1) is 18.0. The molecule has 4 nitrogen and oxygen atoms in total. The van der Waals surface area contributed by atoms with E-state index in [1.807, 2.05) is 0 Å². The molecule has 0 saturated heterocycles. The van der Waals surface area contributed by atoms with E-state index in [9.17, 15) is 4.79 Å². The molecule has 0 spiro atoms. The van der Waals surface area contributed by atoms with Crippen LogP contribution in [0.2, 0.25) is 51.9 Å². The van der Waals surface area contributed by atoms with Gasteiger partial charge in [0, 0.05) is 6.42 Å². The van der Waals surface area contributed by atoms with Crippen LogP contribution in [-0.2, 0) is 13.0 Å². The fourth-order valence-electron chi connectivity index (χ4n) is 1.98. The minimum atomic E-state index is -2.23. The summed E-state index contributed by atoms with van der Waals surface area (Å²) in [5, 5.41) is 8.73. The van der Waals surface area contributed by atoms with Crippen molar-refractivity contribution in [3.05, 3.63) is 0 Å². The molecular weight excluding hydrogens is 280 g/mol. The van der Waals surface area contributed by atoms with Crippen LogP contribution in [0.25, 0.3) is 0 Å². The maximum Gasteiger partial charge on any atom is 0.314 e. The summed E-state index contributed by atoms with van der Waals surface area (Å²) in [6.07, 6.45) is 0.847. The minimum Gasteiger partial charge on any atom is -0.481 e. The first-order chi connectivity index (χ1) is 7.83. The van der Waals surface area contributed by atoms with E-state index in [2.05, 4.69) is 45.8 Å². The molecule has 0 amide bonds. The summed E-state index contributed by atoms with van der Waals surface area (Å²) in [6.45, 7) is 15.0. The fraction of sp³-hybridized carbons (Fsp3) is 0.909. The van der Waals surface area contributed by atoms with Gasteiger partial charge in [0.1, 0.15) is 0 Å². The number of rotatable bonds is 8. The third-order valence-corrected chi connectivity index (χ3v) is 11.7. The van der Waals surface area contributed by atoms with Gasteiger partial charge in [-0.15, -0.1) is 0 Å². The summed E-state index contributed by atoms with van der Waals surface area (Å²) in [7, 11) is -5.54. The molecule has 18 heavy (non-hydrogen) atoms. The van der Waals surface area contributed by atoms with Crippen LogP contribution in [0.15, 0.2) is 0 Å². The van der Waals surface area contributed by atoms with Crippen molar-refractivity contribution in [1.29, 1.82) is 0 Å². The predicted molar refractivity (Wildman–Crippen MR) is 82.2 cm³/mol. The molecule has 0 aliphatic rings. The van der Waals surface area contributed by atoms with Gasteiger partial charge in [0.05, 0.1) is 0 Å². The maximum atomic E-state index is 10.6. The molecule has 0 aromatic carbocycles. The molecule has 0 unspecified atom stereocenters. The van der Waals surface area contributed by atoms with Gasteiger partial charge < -0.3 is 13.3 Å². The van der Waals surface area contributed by atoms with E-state index >= 15 is 0 Å². The van der Waals surface area contributed by atoms with E-state index in [-0.39, 0.29) is 6.42 Å². The lowest BCUT2D eigenvalue weighted by Crippen LogP contribution is -2.52. The van der Waals surface area contributed by atoms with Crippen molar-refractivity contribution in [3.63, 3.8) is 0 Å². The van der Waals surface area contributed by atoms with Crippen molar-refractivity contribution in [3.8, 4) is 0 Å². The van der Waals surface area contributed by atoms with Gasteiger partial charge in [-0.1, -0.05) is 0 Å². The molecule has 108 valence electrons. The number of carboxylic acids is 1. The Hall–Kier alpha value is 0.0406. The minimum absolute atomic E-state index is 0.201. The van der Waals surface area contributed by atoms with E-state index in [4.69, 9.17) is 13.3 Å². The summed E-state index contributed by atoms with van der Waals surface area (Å²) >= 11 is 0. The molecule has 0 aliphatic heterocycles. The van der Waals surface area contributed by atoms with Gasteiger partial charge in [-0.3, -0.25) is 4.79 Å². The van der Waals surface area contributed by atoms with Crippen LogP contribution in [0.4, 0.5) is 0 Å². The summed E-state index contributed by atoms with van der Waals surface area (Å²) in [6, 6.07) is 0.772. The third kappa shape index (κ3) is 10.0. The molecule has 0 aromatic heterocycles. The molecule has 0 heterocycles. The average Bonchev–Trinajstić information content (AvgIpc) is 1.93. The maximum absolute atomic E-state index is 10.6. The zero-order valence-electron chi connectivity index (χ0n) is 12.8. The second-order valence-corrected chi connectivity index (χ2v) is 19.7. The molecule has 0 rings (SSSR count). The Morgan fingerprint density at radius 2 is 1.33 bits per heavy atom. The Morgan fingerprint density at radius 3 is 1.61 bits per heavy atom. The van der Waals surface area contributed by atoms with Crippen LogP contribution in [0, 0.1) is 0 Å². The van der Waals surface area contributed by atoms with E-state index in [0.717, 1.165) is 6.04 Å². The van der Waals surface area contributed by atoms with Crippen LogP contribution in [0.3, 0.4) is 0 Å². The molecule has 0 aromatic rings. The lowest BCUT2D eigenvalue weighted by molar-refractivity contribution is -0.137. The van der Waals surface area contributed by atoms with Crippen molar-refractivity contribution in [2.45, 2.75) is 64.7 Å². The summed E-state index contributed by atoms with van der Waals surface area (Å²) < 4.78 is 12.6. The standard InChI is InChI=1S/C11H28O4Si3/c1-16(2,3)14-18(7,15-17(4,5)6)10-8-9-11(12)13/h8-10H2,1-7H3,(H,12,13). The van der Waals surface area contributed by atoms with Crippen molar-refractivity contribution in [2.24, 2.45) is 0 Å². The highest BCUT2D eigenvalue weighted by Gasteiger charge is 2.39. The topological polar surface area (TPSA) is 55.8 Å². The largest absolute Gasteiger partial charge is 0.481 e. The fourth-order valence-corrected chi connectivity index (χ4v) is 14.5. The first-order valence-electron chi connectivity index (χ1n) is 6.45. The quantitative estimate of drug-likeness (QED) is 0.696. The molecule has 0 aliphatic carbocycles. The van der Waals surface area contributed by atoms with E-state index in [1.165, 1.54) is 0 Å². The SMILES string of the molecule is C[Si](C)(C)O[Si](C)(CCCC(=O)O)O[Si](C)(C)C. The average molecular weight is 309 g/mol. The van der Waals surface area contributed by atoms with Gasteiger partial charge in [-0.2, -0.15) is 0 Å². The Labute approximate surface area is 114 Å². The van der Waals surface area contributed by atoms with E-state index in [0.29, 0.717) is 6.42 Å². The van der Waals surface area contributed by atoms with Crippen LogP contribution >= 0.6 is 0 Å². The number of carboxylic acid groups (broad SMARTS) is 1. The van der Waals surface area contributed by atoms with Gasteiger partial charge in [0.15, 0.2) is 16.6 Å². The summed E-state index contributed by atoms with van der Waals surface area (Å²) in [4.78, 5) is 10.6. The van der Waals surface area contributed by atoms with Crippen molar-refractivity contribution < 1.29 is 18.1 Å². The normalized spacial score (nSPS) is 13.7. The van der Waals surface area contributed by atoms with Gasteiger partial charge in [0.2, 0.25) is 0 Å². The van der Waals surface area contributed by atoms with Gasteiger partial charge in [-0.05, 0) is 58.3 Å². The third-order valence-electron chi connectivity index (χ3n) is 2.07. The molecular formula is C11H28O4Si3. The Kier molecular flexibility index (Phi) is 6.48. The van der Waals surface area contributed by atoms with Crippen LogP contribution in [-0.4, -0.2) is 36.3 Å². The summed E-state index contributed by atoms with van der Waals surface area (Å²) in [5.41, 5.74) is 0. The van der Waals surface area contributed by atoms with E-state index < -0.39 is 31.2 Å². The zero-order valence-corrected chi connectivity index (χ0v) is 15.8. The van der Waals surface area contributed by atoms with Crippen molar-refractivity contribution in [2.75, 3.05) is 0 Å². The van der Waals surface area contributed by atoms with Crippen LogP contribution < -0.4 is 0 Å². The Bertz CT molecular complexity index is 265. The van der Waals surface area contributed by atoms with Crippen LogP contribution in [0.1, 0.15) is 12.8 Å². The monoisotopic (exact) mass is 308 g/mol. The summed E-state index contributed by atoms with van der Waals surface area (Å²) in [5.74, 6) is -0.743. The molecule has 0 saturated carbocycles. The predicted octanol–water partition coefficient (Wildman–Crippen LogP) is 3.63. The number of aliphatic carboxylic acids is 1. The van der Waals surface area contributed by atoms with Crippen molar-refractivity contribution in [1.82, 2.24) is 0 Å². The lowest BCUT2D eigenvalue weighted by atomic mass is 10.3. The molecule has 0 atom stereocenters. The smallest absolute Gasteiger partial charge is 0.314 e. The lowest BCUT2D eigenvalue weighted by Gasteiger charge is -2.38. The van der Waals surface area contributed by atoms with Crippen LogP contribution in [0.5, 0.6) is 0 Å². The van der Waals surface area contributed by atoms with Gasteiger partial charge in [0.25, 0.3) is 0 Å². The second-order valence-electron chi connectivity index (χ2n) is 6.81. The van der Waals surface area contributed by atoms with Crippen molar-refractivity contribution >= 4 is 31.2 Å².